The molecule has 0 unspecified atom stereocenters. The molecule has 1 saturated heterocycles. The molecule has 1 aromatic carbocycles. The molecule has 3 aromatic rings. The Balaban J connectivity index is 1.50. The van der Waals surface area contributed by atoms with Crippen LogP contribution in [0.15, 0.2) is 42.6 Å². The van der Waals surface area contributed by atoms with E-state index in [0.717, 1.165) is 24.6 Å². The fourth-order valence-corrected chi connectivity index (χ4v) is 3.31. The van der Waals surface area contributed by atoms with Gasteiger partial charge in [-0.1, -0.05) is 11.3 Å². The van der Waals surface area contributed by atoms with E-state index >= 15 is 0 Å². The minimum atomic E-state index is -0.317. The monoisotopic (exact) mass is 378 g/mol. The van der Waals surface area contributed by atoms with E-state index in [1.165, 1.54) is 12.8 Å². The van der Waals surface area contributed by atoms with Crippen LogP contribution in [0.5, 0.6) is 5.75 Å². The van der Waals surface area contributed by atoms with Gasteiger partial charge in [0.05, 0.1) is 30.4 Å². The second-order valence-corrected chi connectivity index (χ2v) is 6.69. The third-order valence-corrected chi connectivity index (χ3v) is 4.84. The Kier molecular flexibility index (Phi) is 4.92. The van der Waals surface area contributed by atoms with Gasteiger partial charge in [0.15, 0.2) is 5.69 Å². The Morgan fingerprint density at radius 3 is 2.71 bits per heavy atom. The number of aromatic nitrogens is 4. The first-order valence-corrected chi connectivity index (χ1v) is 9.25. The summed E-state index contributed by atoms with van der Waals surface area (Å²) in [5, 5.41) is 11.0. The molecular formula is C20H22N6O2. The predicted molar refractivity (Wildman–Crippen MR) is 106 cm³/mol. The minimum absolute atomic E-state index is 0.270. The van der Waals surface area contributed by atoms with Gasteiger partial charge in [0, 0.05) is 19.2 Å². The van der Waals surface area contributed by atoms with Crippen LogP contribution in [0.1, 0.15) is 29.0 Å². The van der Waals surface area contributed by atoms with Crippen LogP contribution < -0.4 is 15.0 Å². The number of pyridine rings is 1. The van der Waals surface area contributed by atoms with E-state index in [1.807, 2.05) is 43.3 Å². The summed E-state index contributed by atoms with van der Waals surface area (Å²) >= 11 is 0. The number of amides is 1. The molecule has 0 spiro atoms. The topological polar surface area (TPSA) is 85.2 Å². The Morgan fingerprint density at radius 1 is 1.18 bits per heavy atom. The van der Waals surface area contributed by atoms with Crippen LogP contribution in [0.2, 0.25) is 0 Å². The molecular weight excluding hydrogens is 356 g/mol. The van der Waals surface area contributed by atoms with Crippen LogP contribution in [0, 0.1) is 6.92 Å². The van der Waals surface area contributed by atoms with E-state index in [4.69, 9.17) is 4.74 Å². The molecule has 8 heteroatoms. The first kappa shape index (κ1) is 18.0. The normalized spacial score (nSPS) is 13.6. The lowest BCUT2D eigenvalue weighted by Gasteiger charge is -2.16. The SMILES string of the molecule is COc1cccc(-n2nnc(C(=O)Nc3ccc(N4CCCC4)nc3)c2C)c1. The van der Waals surface area contributed by atoms with E-state index in [2.05, 4.69) is 25.5 Å². The summed E-state index contributed by atoms with van der Waals surface area (Å²) in [6.45, 7) is 3.87. The van der Waals surface area contributed by atoms with Crippen molar-refractivity contribution in [1.82, 2.24) is 20.0 Å². The zero-order valence-corrected chi connectivity index (χ0v) is 15.9. The number of methoxy groups -OCH3 is 1. The highest BCUT2D eigenvalue weighted by Crippen LogP contribution is 2.21. The van der Waals surface area contributed by atoms with Crippen molar-refractivity contribution in [3.63, 3.8) is 0 Å². The molecule has 1 amide bonds. The van der Waals surface area contributed by atoms with E-state index in [1.54, 1.807) is 18.0 Å². The molecule has 0 bridgehead atoms. The number of anilines is 2. The largest absolute Gasteiger partial charge is 0.497 e. The molecule has 0 atom stereocenters. The van der Waals surface area contributed by atoms with Gasteiger partial charge in [-0.2, -0.15) is 0 Å². The molecule has 0 saturated carbocycles. The summed E-state index contributed by atoms with van der Waals surface area (Å²) in [7, 11) is 1.61. The molecule has 144 valence electrons. The Bertz CT molecular complexity index is 977. The van der Waals surface area contributed by atoms with Crippen molar-refractivity contribution in [2.75, 3.05) is 30.4 Å². The molecule has 2 aromatic heterocycles. The third kappa shape index (κ3) is 3.53. The third-order valence-electron chi connectivity index (χ3n) is 4.84. The maximum atomic E-state index is 12.7. The second-order valence-electron chi connectivity index (χ2n) is 6.69. The van der Waals surface area contributed by atoms with Crippen LogP contribution in [0.4, 0.5) is 11.5 Å². The first-order chi connectivity index (χ1) is 13.7. The van der Waals surface area contributed by atoms with Crippen molar-refractivity contribution in [3.8, 4) is 11.4 Å². The highest BCUT2D eigenvalue weighted by atomic mass is 16.5. The molecule has 3 heterocycles. The smallest absolute Gasteiger partial charge is 0.278 e. The van der Waals surface area contributed by atoms with Crippen molar-refractivity contribution in [2.45, 2.75) is 19.8 Å². The van der Waals surface area contributed by atoms with E-state index in [-0.39, 0.29) is 11.6 Å². The standard InChI is InChI=1S/C20H22N6O2/c1-14-19(23-24-26(14)16-6-5-7-17(12-16)28-2)20(27)22-15-8-9-18(21-13-15)25-10-3-4-11-25/h5-9,12-13H,3-4,10-11H2,1-2H3,(H,22,27). The maximum Gasteiger partial charge on any atom is 0.278 e. The van der Waals surface area contributed by atoms with Crippen LogP contribution in [-0.2, 0) is 0 Å². The van der Waals surface area contributed by atoms with Crippen molar-refractivity contribution >= 4 is 17.4 Å². The number of carbonyl (C=O) groups excluding carboxylic acids is 1. The Labute approximate surface area is 163 Å². The molecule has 0 aliphatic carbocycles. The fraction of sp³-hybridized carbons (Fsp3) is 0.300. The summed E-state index contributed by atoms with van der Waals surface area (Å²) in [5.41, 5.74) is 2.32. The molecule has 0 radical (unpaired) electrons. The average Bonchev–Trinajstić information content (AvgIpc) is 3.38. The van der Waals surface area contributed by atoms with E-state index in [9.17, 15) is 4.79 Å². The summed E-state index contributed by atoms with van der Waals surface area (Å²) in [6, 6.07) is 11.2. The van der Waals surface area contributed by atoms with E-state index < -0.39 is 0 Å². The van der Waals surface area contributed by atoms with Gasteiger partial charge in [-0.05, 0) is 44.0 Å². The molecule has 28 heavy (non-hydrogen) atoms. The maximum absolute atomic E-state index is 12.7. The van der Waals surface area contributed by atoms with Gasteiger partial charge in [-0.15, -0.1) is 5.10 Å². The van der Waals surface area contributed by atoms with Crippen molar-refractivity contribution < 1.29 is 9.53 Å². The van der Waals surface area contributed by atoms with Crippen LogP contribution >= 0.6 is 0 Å². The summed E-state index contributed by atoms with van der Waals surface area (Å²) in [4.78, 5) is 19.4. The zero-order chi connectivity index (χ0) is 19.5. The summed E-state index contributed by atoms with van der Waals surface area (Å²) in [5.74, 6) is 1.33. The predicted octanol–water partition coefficient (Wildman–Crippen LogP) is 2.83. The number of carbonyl (C=O) groups is 1. The quantitative estimate of drug-likeness (QED) is 0.735. The zero-order valence-electron chi connectivity index (χ0n) is 15.9. The lowest BCUT2D eigenvalue weighted by molar-refractivity contribution is 0.102. The molecule has 1 aliphatic rings. The van der Waals surface area contributed by atoms with Gasteiger partial charge in [-0.25, -0.2) is 9.67 Å². The first-order valence-electron chi connectivity index (χ1n) is 9.25. The molecule has 1 fully saturated rings. The Hall–Kier alpha value is -3.42. The van der Waals surface area contributed by atoms with Gasteiger partial charge in [0.2, 0.25) is 0 Å². The molecule has 1 N–H and O–H groups in total. The average molecular weight is 378 g/mol. The van der Waals surface area contributed by atoms with Crippen LogP contribution in [-0.4, -0.2) is 46.1 Å². The number of hydrogen-bond donors (Lipinski definition) is 1. The number of nitrogens with zero attached hydrogens (tertiary/aromatic N) is 5. The lowest BCUT2D eigenvalue weighted by Crippen LogP contribution is -2.19. The van der Waals surface area contributed by atoms with Crippen LogP contribution in [0.25, 0.3) is 5.69 Å². The van der Waals surface area contributed by atoms with Crippen LogP contribution in [0.3, 0.4) is 0 Å². The Morgan fingerprint density at radius 2 is 2.00 bits per heavy atom. The lowest BCUT2D eigenvalue weighted by atomic mass is 10.2. The van der Waals surface area contributed by atoms with Gasteiger partial charge in [0.1, 0.15) is 11.6 Å². The number of hydrogen-bond acceptors (Lipinski definition) is 6. The van der Waals surface area contributed by atoms with Gasteiger partial charge in [0.25, 0.3) is 5.91 Å². The van der Waals surface area contributed by atoms with E-state index in [0.29, 0.717) is 17.1 Å². The van der Waals surface area contributed by atoms with Crippen molar-refractivity contribution in [2.24, 2.45) is 0 Å². The van der Waals surface area contributed by atoms with Gasteiger partial charge in [-0.3, -0.25) is 4.79 Å². The number of ether oxygens (including phenoxy) is 1. The highest BCUT2D eigenvalue weighted by molar-refractivity contribution is 6.03. The molecule has 4 rings (SSSR count). The van der Waals surface area contributed by atoms with Gasteiger partial charge >= 0.3 is 0 Å². The van der Waals surface area contributed by atoms with Crippen molar-refractivity contribution in [1.29, 1.82) is 0 Å². The number of nitrogens with one attached hydrogen (secondary N) is 1. The number of benzene rings is 1. The van der Waals surface area contributed by atoms with Gasteiger partial charge < -0.3 is 15.0 Å². The fourth-order valence-electron chi connectivity index (χ4n) is 3.31. The molecule has 8 nitrogen and oxygen atoms in total. The molecule has 1 aliphatic heterocycles. The summed E-state index contributed by atoms with van der Waals surface area (Å²) < 4.78 is 6.86. The minimum Gasteiger partial charge on any atom is -0.497 e. The van der Waals surface area contributed by atoms with Crippen molar-refractivity contribution in [3.05, 3.63) is 54.0 Å². The highest BCUT2D eigenvalue weighted by Gasteiger charge is 2.18. The second kappa shape index (κ2) is 7.67. The number of rotatable bonds is 5. The summed E-state index contributed by atoms with van der Waals surface area (Å²) in [6.07, 6.45) is 4.07.